The molecule has 3 heteroatoms. The first-order valence-electron chi connectivity index (χ1n) is 6.38. The van der Waals surface area contributed by atoms with E-state index in [1.54, 1.807) is 17.7 Å². The maximum atomic E-state index is 4.64. The van der Waals surface area contributed by atoms with E-state index in [2.05, 4.69) is 51.0 Å². The zero-order chi connectivity index (χ0) is 12.7. The average molecular weight is 376 g/mol. The van der Waals surface area contributed by atoms with Gasteiger partial charge in [0.05, 0.1) is 0 Å². The summed E-state index contributed by atoms with van der Waals surface area (Å²) in [4.78, 5) is 0. The van der Waals surface area contributed by atoms with E-state index in [9.17, 15) is 0 Å². The van der Waals surface area contributed by atoms with Gasteiger partial charge in [0.15, 0.2) is 0 Å². The summed E-state index contributed by atoms with van der Waals surface area (Å²) in [5, 5.41) is 0. The Morgan fingerprint density at radius 3 is 2.05 bits per heavy atom. The zero-order valence-electron chi connectivity index (χ0n) is 12.4. The molecule has 0 aromatic carbocycles. The van der Waals surface area contributed by atoms with Crippen molar-refractivity contribution in [1.82, 2.24) is 0 Å². The van der Waals surface area contributed by atoms with Crippen molar-refractivity contribution in [3.8, 4) is 0 Å². The number of halogens is 2. The minimum absolute atomic E-state index is 0. The van der Waals surface area contributed by atoms with E-state index in [1.807, 2.05) is 0 Å². The van der Waals surface area contributed by atoms with Gasteiger partial charge in [-0.15, -0.1) is 0 Å². The molecule has 19 heavy (non-hydrogen) atoms. The summed E-state index contributed by atoms with van der Waals surface area (Å²) >= 11 is -1.78. The third-order valence-corrected chi connectivity index (χ3v) is 11.1. The van der Waals surface area contributed by atoms with Crippen LogP contribution in [0.5, 0.6) is 0 Å². The monoisotopic (exact) mass is 374 g/mol. The Balaban J connectivity index is 0.00000162. The SMILES string of the molecule is [CH2]=[Zr+2]([C]1=C(C)C(C)=C(C)C1)[C]1=C(C)C=CC1C.[Cl-].[Cl-]. The van der Waals surface area contributed by atoms with E-state index < -0.39 is 21.3 Å². The molecule has 0 aliphatic heterocycles. The predicted molar refractivity (Wildman–Crippen MR) is 73.8 cm³/mol. The van der Waals surface area contributed by atoms with Gasteiger partial charge in [0.1, 0.15) is 0 Å². The van der Waals surface area contributed by atoms with E-state index >= 15 is 0 Å². The Morgan fingerprint density at radius 1 is 1.11 bits per heavy atom. The molecule has 0 fully saturated rings. The van der Waals surface area contributed by atoms with Gasteiger partial charge in [0.25, 0.3) is 0 Å². The summed E-state index contributed by atoms with van der Waals surface area (Å²) in [7, 11) is 0. The van der Waals surface area contributed by atoms with Crippen molar-refractivity contribution in [2.45, 2.75) is 41.0 Å². The molecule has 0 radical (unpaired) electrons. The fourth-order valence-corrected chi connectivity index (χ4v) is 9.43. The van der Waals surface area contributed by atoms with Crippen LogP contribution in [-0.2, 0) is 21.3 Å². The molecule has 1 atom stereocenters. The van der Waals surface area contributed by atoms with Crippen LogP contribution < -0.4 is 24.8 Å². The van der Waals surface area contributed by atoms with Gasteiger partial charge in [-0.2, -0.15) is 0 Å². The van der Waals surface area contributed by atoms with Crippen LogP contribution in [0.4, 0.5) is 0 Å². The van der Waals surface area contributed by atoms with E-state index in [4.69, 9.17) is 0 Å². The van der Waals surface area contributed by atoms with Crippen molar-refractivity contribution < 1.29 is 46.1 Å². The van der Waals surface area contributed by atoms with E-state index in [0.29, 0.717) is 5.92 Å². The molecular formula is C16H22Cl2Zr. The average Bonchev–Trinajstić information content (AvgIpc) is 2.73. The van der Waals surface area contributed by atoms with Crippen molar-refractivity contribution in [2.24, 2.45) is 5.92 Å². The van der Waals surface area contributed by atoms with Crippen LogP contribution in [0.2, 0.25) is 0 Å². The smallest absolute Gasteiger partial charge is 1.00 e. The van der Waals surface area contributed by atoms with Crippen molar-refractivity contribution in [1.29, 1.82) is 0 Å². The molecular weight excluding hydrogens is 354 g/mol. The van der Waals surface area contributed by atoms with Crippen molar-refractivity contribution in [3.05, 3.63) is 41.0 Å². The van der Waals surface area contributed by atoms with Crippen LogP contribution in [0.3, 0.4) is 0 Å². The van der Waals surface area contributed by atoms with Crippen LogP contribution in [0, 0.1) is 5.92 Å². The van der Waals surface area contributed by atoms with Gasteiger partial charge in [-0.25, -0.2) is 0 Å². The molecule has 0 N–H and O–H groups in total. The van der Waals surface area contributed by atoms with Crippen LogP contribution in [0.15, 0.2) is 41.0 Å². The number of allylic oxidation sites excluding steroid dienone is 8. The summed E-state index contributed by atoms with van der Waals surface area (Å²) in [6.07, 6.45) is 5.84. The maximum absolute atomic E-state index is 4.64. The molecule has 0 aromatic heterocycles. The first-order chi connectivity index (χ1) is 7.93. The molecule has 1 unspecified atom stereocenters. The summed E-state index contributed by atoms with van der Waals surface area (Å²) in [5.74, 6) is 0.642. The minimum atomic E-state index is -1.78. The van der Waals surface area contributed by atoms with E-state index in [-0.39, 0.29) is 24.8 Å². The molecule has 104 valence electrons. The molecule has 0 saturated heterocycles. The Morgan fingerprint density at radius 2 is 1.68 bits per heavy atom. The summed E-state index contributed by atoms with van der Waals surface area (Å²) < 4.78 is 8.08. The minimum Gasteiger partial charge on any atom is -1.00 e. The Hall–Kier alpha value is 0.293. The van der Waals surface area contributed by atoms with Crippen molar-refractivity contribution in [3.63, 3.8) is 0 Å². The van der Waals surface area contributed by atoms with Crippen molar-refractivity contribution in [2.75, 3.05) is 0 Å². The third-order valence-electron chi connectivity index (χ3n) is 4.30. The largest absolute Gasteiger partial charge is 1.00 e. The Labute approximate surface area is 137 Å². The van der Waals surface area contributed by atoms with Crippen LogP contribution >= 0.6 is 0 Å². The van der Waals surface area contributed by atoms with Gasteiger partial charge >= 0.3 is 113 Å². The van der Waals surface area contributed by atoms with Gasteiger partial charge in [0.2, 0.25) is 0 Å². The number of rotatable bonds is 2. The molecule has 2 aliphatic rings. The van der Waals surface area contributed by atoms with Gasteiger partial charge in [-0.1, -0.05) is 0 Å². The zero-order valence-corrected chi connectivity index (χ0v) is 16.4. The van der Waals surface area contributed by atoms with Crippen molar-refractivity contribution >= 4 is 4.21 Å². The molecule has 0 bridgehead atoms. The first kappa shape index (κ1) is 19.3. The summed E-state index contributed by atoms with van der Waals surface area (Å²) in [6, 6.07) is 0. The molecule has 2 aliphatic carbocycles. The van der Waals surface area contributed by atoms with Crippen LogP contribution in [0.25, 0.3) is 0 Å². The topological polar surface area (TPSA) is 0 Å². The van der Waals surface area contributed by atoms with E-state index in [1.165, 1.54) is 17.6 Å². The number of hydrogen-bond donors (Lipinski definition) is 0. The summed E-state index contributed by atoms with van der Waals surface area (Å²) in [5.41, 5.74) is 6.16. The second-order valence-corrected chi connectivity index (χ2v) is 10.6. The molecule has 0 nitrogen and oxygen atoms in total. The van der Waals surface area contributed by atoms with Gasteiger partial charge in [-0.3, -0.25) is 0 Å². The normalized spacial score (nSPS) is 21.4. The summed E-state index contributed by atoms with van der Waals surface area (Å²) in [6.45, 7) is 11.4. The molecule has 0 amide bonds. The quantitative estimate of drug-likeness (QED) is 0.553. The third kappa shape index (κ3) is 3.49. The second kappa shape index (κ2) is 7.34. The van der Waals surface area contributed by atoms with Crippen LogP contribution in [0.1, 0.15) is 41.0 Å². The first-order valence-corrected chi connectivity index (χ1v) is 10.6. The van der Waals surface area contributed by atoms with Gasteiger partial charge < -0.3 is 24.8 Å². The predicted octanol–water partition coefficient (Wildman–Crippen LogP) is -1.46. The standard InChI is InChI=1S/C8H11.C7H9.CH2.2ClH.Zr/c1-6-4-5-7(2)8(6)3;1-6-3-4-7(2)5-6;;;;/h4H2,1-3H3;3-4,6H,1-2H3;1H2;2*1H;/q;;;;;+2/p-2. The second-order valence-electron chi connectivity index (χ2n) is 5.41. The Kier molecular flexibility index (Phi) is 7.46. The fraction of sp³-hybridized carbons (Fsp3) is 0.438. The molecule has 0 heterocycles. The van der Waals surface area contributed by atoms with Crippen LogP contribution in [-0.4, -0.2) is 4.21 Å². The molecule has 0 aromatic rings. The fourth-order valence-electron chi connectivity index (χ4n) is 2.92. The van der Waals surface area contributed by atoms with Gasteiger partial charge in [-0.05, 0) is 0 Å². The molecule has 0 saturated carbocycles. The Bertz CT molecular complexity index is 519. The molecule has 0 spiro atoms. The maximum Gasteiger partial charge on any atom is -1.00 e. The number of hydrogen-bond acceptors (Lipinski definition) is 0. The van der Waals surface area contributed by atoms with E-state index in [0.717, 1.165) is 0 Å². The molecule has 2 rings (SSSR count). The van der Waals surface area contributed by atoms with Gasteiger partial charge in [0, 0.05) is 0 Å².